The van der Waals surface area contributed by atoms with Gasteiger partial charge in [0, 0.05) is 30.1 Å². The fraction of sp³-hybridized carbons (Fsp3) is 0.400. The highest BCUT2D eigenvalue weighted by atomic mass is 79.9. The summed E-state index contributed by atoms with van der Waals surface area (Å²) in [7, 11) is 1.56. The van der Waals surface area contributed by atoms with Crippen molar-refractivity contribution < 1.29 is 9.53 Å². The van der Waals surface area contributed by atoms with E-state index in [2.05, 4.69) is 26.2 Å². The Morgan fingerprint density at radius 1 is 1.67 bits per heavy atom. The van der Waals surface area contributed by atoms with E-state index in [4.69, 9.17) is 4.74 Å². The van der Waals surface area contributed by atoms with Crippen molar-refractivity contribution >= 4 is 21.8 Å². The molecule has 0 spiro atoms. The summed E-state index contributed by atoms with van der Waals surface area (Å²) < 4.78 is 5.07. The molecule has 1 amide bonds. The minimum absolute atomic E-state index is 0.0118. The van der Waals surface area contributed by atoms with Gasteiger partial charge in [-0.1, -0.05) is 22.0 Å². The van der Waals surface area contributed by atoms with Crippen LogP contribution in [0.5, 0.6) is 5.88 Å². The minimum Gasteiger partial charge on any atom is -0.481 e. The van der Waals surface area contributed by atoms with Crippen LogP contribution in [-0.4, -0.2) is 23.3 Å². The minimum atomic E-state index is 0.0118. The predicted molar refractivity (Wildman–Crippen MR) is 61.0 cm³/mol. The summed E-state index contributed by atoms with van der Waals surface area (Å²) in [4.78, 5) is 15.3. The number of pyridine rings is 1. The molecule has 0 aliphatic heterocycles. The lowest BCUT2D eigenvalue weighted by molar-refractivity contribution is -0.120. The van der Waals surface area contributed by atoms with Gasteiger partial charge in [0.2, 0.25) is 11.8 Å². The van der Waals surface area contributed by atoms with Gasteiger partial charge in [-0.05, 0) is 6.07 Å². The highest BCUT2D eigenvalue weighted by molar-refractivity contribution is 9.09. The summed E-state index contributed by atoms with van der Waals surface area (Å²) in [5.41, 5.74) is 0.878. The zero-order chi connectivity index (χ0) is 11.1. The van der Waals surface area contributed by atoms with Crippen molar-refractivity contribution in [2.24, 2.45) is 0 Å². The summed E-state index contributed by atoms with van der Waals surface area (Å²) in [5.74, 6) is 0.564. The van der Waals surface area contributed by atoms with Crippen molar-refractivity contribution in [2.45, 2.75) is 13.0 Å². The topological polar surface area (TPSA) is 51.2 Å². The number of halogens is 1. The third kappa shape index (κ3) is 3.87. The molecule has 4 nitrogen and oxygen atoms in total. The van der Waals surface area contributed by atoms with Crippen LogP contribution in [0.2, 0.25) is 0 Å². The first-order chi connectivity index (χ1) is 7.27. The van der Waals surface area contributed by atoms with E-state index in [0.717, 1.165) is 5.56 Å². The molecule has 0 atom stereocenters. The number of methoxy groups -OCH3 is 1. The predicted octanol–water partition coefficient (Wildman–Crippen LogP) is 1.49. The quantitative estimate of drug-likeness (QED) is 0.827. The van der Waals surface area contributed by atoms with Crippen LogP contribution >= 0.6 is 15.9 Å². The Labute approximate surface area is 97.2 Å². The summed E-state index contributed by atoms with van der Waals surface area (Å²) >= 11 is 3.21. The maximum Gasteiger partial charge on any atom is 0.221 e. The molecule has 0 fully saturated rings. The first kappa shape index (κ1) is 12.0. The molecule has 1 N–H and O–H groups in total. The average molecular weight is 273 g/mol. The van der Waals surface area contributed by atoms with Crippen LogP contribution < -0.4 is 10.1 Å². The number of ether oxygens (including phenoxy) is 1. The number of rotatable bonds is 5. The molecule has 1 heterocycles. The van der Waals surface area contributed by atoms with Crippen LogP contribution in [0.15, 0.2) is 18.3 Å². The van der Waals surface area contributed by atoms with Crippen molar-refractivity contribution in [2.75, 3.05) is 12.4 Å². The lowest BCUT2D eigenvalue weighted by Gasteiger charge is -2.07. The molecule has 0 aliphatic rings. The van der Waals surface area contributed by atoms with Crippen LogP contribution in [0.25, 0.3) is 0 Å². The van der Waals surface area contributed by atoms with E-state index < -0.39 is 0 Å². The summed E-state index contributed by atoms with van der Waals surface area (Å²) in [6.45, 7) is 0.447. The van der Waals surface area contributed by atoms with Crippen molar-refractivity contribution in [3.05, 3.63) is 23.9 Å². The van der Waals surface area contributed by atoms with E-state index in [-0.39, 0.29) is 5.91 Å². The first-order valence-electron chi connectivity index (χ1n) is 4.58. The van der Waals surface area contributed by atoms with E-state index in [1.54, 1.807) is 13.3 Å². The van der Waals surface area contributed by atoms with Gasteiger partial charge >= 0.3 is 0 Å². The first-order valence-corrected chi connectivity index (χ1v) is 5.70. The van der Waals surface area contributed by atoms with Crippen molar-refractivity contribution in [1.29, 1.82) is 0 Å². The SMILES string of the molecule is COc1ncccc1CNC(=O)CCBr. The van der Waals surface area contributed by atoms with Gasteiger partial charge in [-0.15, -0.1) is 0 Å². The van der Waals surface area contributed by atoms with Crippen LogP contribution in [0.1, 0.15) is 12.0 Å². The Hall–Kier alpha value is -1.10. The van der Waals surface area contributed by atoms with Crippen molar-refractivity contribution in [1.82, 2.24) is 10.3 Å². The largest absolute Gasteiger partial charge is 0.481 e. The molecular formula is C10H13BrN2O2. The summed E-state index contributed by atoms with van der Waals surface area (Å²) in [6.07, 6.45) is 2.13. The number of hydrogen-bond acceptors (Lipinski definition) is 3. The maximum absolute atomic E-state index is 11.2. The zero-order valence-corrected chi connectivity index (χ0v) is 10.1. The normalized spacial score (nSPS) is 9.73. The zero-order valence-electron chi connectivity index (χ0n) is 8.50. The number of carbonyl (C=O) groups is 1. The number of aromatic nitrogens is 1. The average Bonchev–Trinajstić information content (AvgIpc) is 2.27. The van der Waals surface area contributed by atoms with Gasteiger partial charge in [0.25, 0.3) is 0 Å². The Balaban J connectivity index is 2.53. The molecule has 0 saturated carbocycles. The van der Waals surface area contributed by atoms with Crippen molar-refractivity contribution in [3.63, 3.8) is 0 Å². The van der Waals surface area contributed by atoms with Gasteiger partial charge in [-0.2, -0.15) is 0 Å². The fourth-order valence-corrected chi connectivity index (χ4v) is 1.47. The number of amides is 1. The second kappa shape index (κ2) is 6.40. The Morgan fingerprint density at radius 2 is 2.47 bits per heavy atom. The number of carbonyl (C=O) groups excluding carboxylic acids is 1. The molecular weight excluding hydrogens is 260 g/mol. The summed E-state index contributed by atoms with van der Waals surface area (Å²) in [6, 6.07) is 3.69. The van der Waals surface area contributed by atoms with Crippen LogP contribution in [-0.2, 0) is 11.3 Å². The van der Waals surface area contributed by atoms with Gasteiger partial charge in [-0.3, -0.25) is 4.79 Å². The van der Waals surface area contributed by atoms with Crippen LogP contribution in [0.4, 0.5) is 0 Å². The molecule has 1 rings (SSSR count). The van der Waals surface area contributed by atoms with Gasteiger partial charge in [0.05, 0.1) is 7.11 Å². The van der Waals surface area contributed by atoms with Gasteiger partial charge in [0.15, 0.2) is 0 Å². The maximum atomic E-state index is 11.2. The Bertz CT molecular complexity index is 331. The molecule has 0 saturated heterocycles. The van der Waals surface area contributed by atoms with Gasteiger partial charge < -0.3 is 10.1 Å². The molecule has 1 aromatic heterocycles. The van der Waals surface area contributed by atoms with E-state index >= 15 is 0 Å². The lowest BCUT2D eigenvalue weighted by atomic mass is 10.2. The molecule has 5 heteroatoms. The van der Waals surface area contributed by atoms with E-state index in [9.17, 15) is 4.79 Å². The smallest absolute Gasteiger partial charge is 0.221 e. The van der Waals surface area contributed by atoms with Gasteiger partial charge in [0.1, 0.15) is 0 Å². The Kier molecular flexibility index (Phi) is 5.10. The molecule has 82 valence electrons. The number of hydrogen-bond donors (Lipinski definition) is 1. The van der Waals surface area contributed by atoms with Gasteiger partial charge in [-0.25, -0.2) is 4.98 Å². The monoisotopic (exact) mass is 272 g/mol. The van der Waals surface area contributed by atoms with Crippen LogP contribution in [0.3, 0.4) is 0 Å². The fourth-order valence-electron chi connectivity index (χ4n) is 1.11. The molecule has 0 aromatic carbocycles. The number of alkyl halides is 1. The lowest BCUT2D eigenvalue weighted by Crippen LogP contribution is -2.23. The molecule has 1 aromatic rings. The summed E-state index contributed by atoms with van der Waals surface area (Å²) in [5, 5.41) is 3.46. The third-order valence-corrected chi connectivity index (χ3v) is 2.24. The number of nitrogens with zero attached hydrogens (tertiary/aromatic N) is 1. The Morgan fingerprint density at radius 3 is 3.13 bits per heavy atom. The van der Waals surface area contributed by atoms with E-state index in [0.29, 0.717) is 24.2 Å². The third-order valence-electron chi connectivity index (χ3n) is 1.84. The van der Waals surface area contributed by atoms with E-state index in [1.165, 1.54) is 0 Å². The number of nitrogens with one attached hydrogen (secondary N) is 1. The standard InChI is InChI=1S/C10H13BrN2O2/c1-15-10-8(3-2-6-12-10)7-13-9(14)4-5-11/h2-3,6H,4-5,7H2,1H3,(H,13,14). The molecule has 15 heavy (non-hydrogen) atoms. The molecule has 0 unspecified atom stereocenters. The second-order valence-electron chi connectivity index (χ2n) is 2.89. The molecule has 0 aliphatic carbocycles. The highest BCUT2D eigenvalue weighted by Crippen LogP contribution is 2.12. The van der Waals surface area contributed by atoms with Crippen LogP contribution in [0, 0.1) is 0 Å². The highest BCUT2D eigenvalue weighted by Gasteiger charge is 2.04. The molecule has 0 radical (unpaired) electrons. The van der Waals surface area contributed by atoms with Crippen molar-refractivity contribution in [3.8, 4) is 5.88 Å². The molecule has 0 bridgehead atoms. The second-order valence-corrected chi connectivity index (χ2v) is 3.68. The van der Waals surface area contributed by atoms with E-state index in [1.807, 2.05) is 12.1 Å².